The van der Waals surface area contributed by atoms with Crippen LogP contribution in [0, 0.1) is 5.92 Å². The van der Waals surface area contributed by atoms with Crippen LogP contribution >= 0.6 is 22.9 Å². The number of thiophene rings is 1. The summed E-state index contributed by atoms with van der Waals surface area (Å²) in [6.45, 7) is 3.65. The summed E-state index contributed by atoms with van der Waals surface area (Å²) in [6.07, 6.45) is 8.32. The van der Waals surface area contributed by atoms with E-state index < -0.39 is 10.0 Å². The minimum atomic E-state index is -3.51. The van der Waals surface area contributed by atoms with Crippen molar-refractivity contribution in [3.05, 3.63) is 51.9 Å². The van der Waals surface area contributed by atoms with Crippen molar-refractivity contribution in [3.8, 4) is 0 Å². The number of halogens is 1. The quantitative estimate of drug-likeness (QED) is 0.508. The van der Waals surface area contributed by atoms with E-state index in [1.165, 1.54) is 43.4 Å². The molecule has 2 aliphatic rings. The molecule has 2 N–H and O–H groups in total. The van der Waals surface area contributed by atoms with Gasteiger partial charge in [-0.25, -0.2) is 8.42 Å². The molecule has 6 nitrogen and oxygen atoms in total. The zero-order chi connectivity index (χ0) is 24.1. The molecule has 0 radical (unpaired) electrons. The van der Waals surface area contributed by atoms with Crippen LogP contribution in [0.3, 0.4) is 0 Å². The van der Waals surface area contributed by atoms with E-state index in [4.69, 9.17) is 11.6 Å². The molecule has 2 fully saturated rings. The zero-order valence-electron chi connectivity index (χ0n) is 19.6. The molecule has 1 aliphatic carbocycles. The summed E-state index contributed by atoms with van der Waals surface area (Å²) in [5, 5.41) is 7.20. The number of piperidine rings is 1. The maximum atomic E-state index is 13.2. The van der Waals surface area contributed by atoms with Gasteiger partial charge in [-0.15, -0.1) is 11.3 Å². The van der Waals surface area contributed by atoms with Crippen LogP contribution in [0.4, 0.5) is 0 Å². The highest BCUT2D eigenvalue weighted by Crippen LogP contribution is 2.29. The van der Waals surface area contributed by atoms with Crippen LogP contribution in [0.25, 0.3) is 0 Å². The highest BCUT2D eigenvalue weighted by molar-refractivity contribution is 7.91. The Bertz CT molecular complexity index is 1060. The maximum absolute atomic E-state index is 13.2. The monoisotopic (exact) mass is 523 g/mol. The van der Waals surface area contributed by atoms with E-state index in [-0.39, 0.29) is 12.5 Å². The normalized spacial score (nSPS) is 19.7. The first-order chi connectivity index (χ1) is 16.3. The Balaban J connectivity index is 1.27. The number of nitrogens with one attached hydrogen (secondary N) is 2. The SMILES string of the molecule is CC(NC1CCN(S(=O)(=O)c2ccc(CNC(=O)c3ccc(Cl)cc3)s2)CC1)C1CCCCC1. The Hall–Kier alpha value is -1.45. The molecule has 1 atom stereocenters. The third-order valence-electron chi connectivity index (χ3n) is 7.07. The van der Waals surface area contributed by atoms with Gasteiger partial charge < -0.3 is 10.6 Å². The van der Waals surface area contributed by atoms with Gasteiger partial charge in [0.2, 0.25) is 0 Å². The summed E-state index contributed by atoms with van der Waals surface area (Å²) in [5.74, 6) is 0.534. The van der Waals surface area contributed by atoms with Gasteiger partial charge in [-0.2, -0.15) is 4.31 Å². The fourth-order valence-electron chi connectivity index (χ4n) is 4.99. The molecule has 2 heterocycles. The van der Waals surface area contributed by atoms with Gasteiger partial charge in [0, 0.05) is 40.6 Å². The highest BCUT2D eigenvalue weighted by atomic mass is 35.5. The van der Waals surface area contributed by atoms with Crippen molar-refractivity contribution >= 4 is 38.9 Å². The Morgan fingerprint density at radius 2 is 1.74 bits per heavy atom. The fourth-order valence-corrected chi connectivity index (χ4v) is 8.04. The molecule has 1 saturated heterocycles. The van der Waals surface area contributed by atoms with E-state index in [1.807, 2.05) is 0 Å². The topological polar surface area (TPSA) is 78.5 Å². The van der Waals surface area contributed by atoms with E-state index in [1.54, 1.807) is 40.7 Å². The van der Waals surface area contributed by atoms with Crippen molar-refractivity contribution in [2.45, 2.75) is 74.7 Å². The van der Waals surface area contributed by atoms with Gasteiger partial charge >= 0.3 is 0 Å². The average Bonchev–Trinajstić information content (AvgIpc) is 3.34. The molecule has 1 aromatic carbocycles. The largest absolute Gasteiger partial charge is 0.347 e. The van der Waals surface area contributed by atoms with Gasteiger partial charge in [-0.3, -0.25) is 4.79 Å². The first kappa shape index (κ1) is 25.6. The molecule has 0 bridgehead atoms. The minimum absolute atomic E-state index is 0.216. The molecule has 1 amide bonds. The first-order valence-electron chi connectivity index (χ1n) is 12.2. The third kappa shape index (κ3) is 6.40. The van der Waals surface area contributed by atoms with Crippen LogP contribution in [0.5, 0.6) is 0 Å². The molecule has 2 aromatic rings. The number of sulfonamides is 1. The molecule has 1 saturated carbocycles. The molecule has 9 heteroatoms. The Kier molecular flexibility index (Phi) is 8.69. The number of nitrogens with zero attached hydrogens (tertiary/aromatic N) is 1. The van der Waals surface area contributed by atoms with E-state index in [0.717, 1.165) is 23.6 Å². The van der Waals surface area contributed by atoms with E-state index in [9.17, 15) is 13.2 Å². The second-order valence-electron chi connectivity index (χ2n) is 9.44. The molecular formula is C25H34ClN3O3S2. The summed E-state index contributed by atoms with van der Waals surface area (Å²) in [6, 6.07) is 11.0. The summed E-state index contributed by atoms with van der Waals surface area (Å²) in [7, 11) is -3.51. The molecule has 1 unspecified atom stereocenters. The van der Waals surface area contributed by atoms with Crippen LogP contribution in [0.2, 0.25) is 5.02 Å². The Labute approximate surface area is 212 Å². The minimum Gasteiger partial charge on any atom is -0.347 e. The second-order valence-corrected chi connectivity index (χ2v) is 13.2. The van der Waals surface area contributed by atoms with Crippen LogP contribution < -0.4 is 10.6 Å². The molecule has 4 rings (SSSR count). The standard InChI is InChI=1S/C25H34ClN3O3S2/c1-18(19-5-3-2-4-6-19)28-22-13-15-29(16-14-22)34(31,32)24-12-11-23(33-24)17-27-25(30)20-7-9-21(26)10-8-20/h7-12,18-19,22,28H,2-6,13-17H2,1H3,(H,27,30). The number of hydrogen-bond acceptors (Lipinski definition) is 5. The molecule has 34 heavy (non-hydrogen) atoms. The highest BCUT2D eigenvalue weighted by Gasteiger charge is 2.32. The van der Waals surface area contributed by atoms with Crippen LogP contribution in [-0.2, 0) is 16.6 Å². The second kappa shape index (κ2) is 11.5. The maximum Gasteiger partial charge on any atom is 0.252 e. The van der Waals surface area contributed by atoms with Gasteiger partial charge in [-0.05, 0) is 74.9 Å². The molecule has 0 spiro atoms. The van der Waals surface area contributed by atoms with Crippen molar-refractivity contribution in [1.82, 2.24) is 14.9 Å². The van der Waals surface area contributed by atoms with Gasteiger partial charge in [-0.1, -0.05) is 30.9 Å². The predicted octanol–water partition coefficient (Wildman–Crippen LogP) is 5.04. The summed E-state index contributed by atoms with van der Waals surface area (Å²) >= 11 is 7.09. The summed E-state index contributed by atoms with van der Waals surface area (Å²) in [4.78, 5) is 13.1. The molecule has 1 aliphatic heterocycles. The predicted molar refractivity (Wildman–Crippen MR) is 138 cm³/mol. The van der Waals surface area contributed by atoms with Crippen LogP contribution in [-0.4, -0.2) is 43.8 Å². The van der Waals surface area contributed by atoms with Crippen LogP contribution in [0.1, 0.15) is 67.1 Å². The number of hydrogen-bond donors (Lipinski definition) is 2. The van der Waals surface area contributed by atoms with Gasteiger partial charge in [0.1, 0.15) is 4.21 Å². The number of carbonyl (C=O) groups is 1. The average molecular weight is 524 g/mol. The van der Waals surface area contributed by atoms with Gasteiger partial charge in [0.15, 0.2) is 0 Å². The smallest absolute Gasteiger partial charge is 0.252 e. The Morgan fingerprint density at radius 1 is 1.06 bits per heavy atom. The number of benzene rings is 1. The lowest BCUT2D eigenvalue weighted by Gasteiger charge is -2.36. The lowest BCUT2D eigenvalue weighted by atomic mass is 9.84. The number of carbonyl (C=O) groups excluding carboxylic acids is 1. The van der Waals surface area contributed by atoms with Crippen molar-refractivity contribution < 1.29 is 13.2 Å². The van der Waals surface area contributed by atoms with E-state index in [2.05, 4.69) is 17.6 Å². The van der Waals surface area contributed by atoms with E-state index >= 15 is 0 Å². The van der Waals surface area contributed by atoms with Crippen molar-refractivity contribution in [1.29, 1.82) is 0 Å². The number of rotatable bonds is 8. The molecule has 1 aromatic heterocycles. The fraction of sp³-hybridized carbons (Fsp3) is 0.560. The molecule has 186 valence electrons. The summed E-state index contributed by atoms with van der Waals surface area (Å²) in [5.41, 5.74) is 0.517. The van der Waals surface area contributed by atoms with Crippen molar-refractivity contribution in [3.63, 3.8) is 0 Å². The van der Waals surface area contributed by atoms with E-state index in [0.29, 0.717) is 40.0 Å². The Morgan fingerprint density at radius 3 is 2.41 bits per heavy atom. The van der Waals surface area contributed by atoms with Crippen LogP contribution in [0.15, 0.2) is 40.6 Å². The first-order valence-corrected chi connectivity index (χ1v) is 14.8. The molecular weight excluding hydrogens is 490 g/mol. The van der Waals surface area contributed by atoms with Gasteiger partial charge in [0.25, 0.3) is 15.9 Å². The third-order valence-corrected chi connectivity index (χ3v) is 10.8. The lowest BCUT2D eigenvalue weighted by molar-refractivity contribution is 0.0951. The zero-order valence-corrected chi connectivity index (χ0v) is 22.0. The van der Waals surface area contributed by atoms with Crippen molar-refractivity contribution in [2.75, 3.05) is 13.1 Å². The van der Waals surface area contributed by atoms with Gasteiger partial charge in [0.05, 0.1) is 6.54 Å². The lowest BCUT2D eigenvalue weighted by Crippen LogP contribution is -2.48. The van der Waals surface area contributed by atoms with Crippen molar-refractivity contribution in [2.24, 2.45) is 5.92 Å². The summed E-state index contributed by atoms with van der Waals surface area (Å²) < 4.78 is 28.3. The number of amides is 1.